The molecule has 0 aliphatic heterocycles. The van der Waals surface area contributed by atoms with Crippen molar-refractivity contribution in [1.82, 2.24) is 30.1 Å². The molecule has 17 heavy (non-hydrogen) atoms. The largest absolute Gasteiger partial charge is 0.368 e. The van der Waals surface area contributed by atoms with Crippen LogP contribution in [0.5, 0.6) is 0 Å². The van der Waals surface area contributed by atoms with Crippen LogP contribution in [0, 0.1) is 0 Å². The molecule has 0 radical (unpaired) electrons. The van der Waals surface area contributed by atoms with E-state index in [1.165, 1.54) is 6.33 Å². The molecule has 0 aliphatic rings. The summed E-state index contributed by atoms with van der Waals surface area (Å²) in [6.45, 7) is 4.45. The van der Waals surface area contributed by atoms with Crippen molar-refractivity contribution in [3.05, 3.63) is 18.0 Å². The van der Waals surface area contributed by atoms with Gasteiger partial charge in [-0.15, -0.1) is 0 Å². The van der Waals surface area contributed by atoms with Gasteiger partial charge >= 0.3 is 0 Å². The lowest BCUT2D eigenvalue weighted by Crippen LogP contribution is -2.11. The van der Waals surface area contributed by atoms with E-state index in [4.69, 9.17) is 5.73 Å². The second-order valence-electron chi connectivity index (χ2n) is 3.82. The van der Waals surface area contributed by atoms with Gasteiger partial charge in [-0.1, -0.05) is 13.8 Å². The first-order chi connectivity index (χ1) is 8.15. The van der Waals surface area contributed by atoms with Gasteiger partial charge in [0.2, 0.25) is 11.9 Å². The van der Waals surface area contributed by atoms with Crippen molar-refractivity contribution in [2.45, 2.75) is 26.3 Å². The zero-order valence-electron chi connectivity index (χ0n) is 9.68. The number of nitrogen functional groups attached to an aromatic ring is 1. The smallest absolute Gasteiger partial charge is 0.228 e. The first-order valence-corrected chi connectivity index (χ1v) is 5.24. The Morgan fingerprint density at radius 2 is 2.18 bits per heavy atom. The van der Waals surface area contributed by atoms with Crippen LogP contribution in [0.15, 0.2) is 6.33 Å². The van der Waals surface area contributed by atoms with Gasteiger partial charge < -0.3 is 11.1 Å². The van der Waals surface area contributed by atoms with E-state index >= 15 is 0 Å². The molecule has 90 valence electrons. The molecule has 0 fully saturated rings. The van der Waals surface area contributed by atoms with Gasteiger partial charge in [0, 0.05) is 5.92 Å². The minimum atomic E-state index is 0.200. The molecule has 0 amide bonds. The Labute approximate surface area is 98.1 Å². The summed E-state index contributed by atoms with van der Waals surface area (Å²) in [5.41, 5.74) is 5.61. The van der Waals surface area contributed by atoms with Crippen molar-refractivity contribution in [2.75, 3.05) is 11.1 Å². The third kappa shape index (κ3) is 2.86. The highest BCUT2D eigenvalue weighted by atomic mass is 15.2. The molecule has 8 heteroatoms. The average molecular weight is 234 g/mol. The van der Waals surface area contributed by atoms with Crippen LogP contribution in [-0.2, 0) is 6.54 Å². The number of hydrogen-bond donors (Lipinski definition) is 3. The summed E-state index contributed by atoms with van der Waals surface area (Å²) in [5, 5.41) is 9.48. The number of aromatic amines is 1. The number of rotatable bonds is 4. The molecular weight excluding hydrogens is 220 g/mol. The molecule has 4 N–H and O–H groups in total. The van der Waals surface area contributed by atoms with E-state index in [0.29, 0.717) is 24.1 Å². The third-order valence-electron chi connectivity index (χ3n) is 2.07. The van der Waals surface area contributed by atoms with Crippen LogP contribution >= 0.6 is 0 Å². The topological polar surface area (TPSA) is 118 Å². The maximum absolute atomic E-state index is 5.61. The van der Waals surface area contributed by atoms with Crippen LogP contribution in [0.2, 0.25) is 0 Å². The zero-order chi connectivity index (χ0) is 12.3. The van der Waals surface area contributed by atoms with Crippen LogP contribution < -0.4 is 11.1 Å². The number of nitrogens with zero attached hydrogens (tertiary/aromatic N) is 5. The number of anilines is 2. The SMILES string of the molecule is CC(C)c1nc(N)nc(NCc2ncn[nH]2)n1. The van der Waals surface area contributed by atoms with Gasteiger partial charge in [-0.05, 0) is 0 Å². The van der Waals surface area contributed by atoms with Crippen molar-refractivity contribution in [3.63, 3.8) is 0 Å². The Morgan fingerprint density at radius 1 is 1.35 bits per heavy atom. The molecule has 0 aliphatic carbocycles. The maximum atomic E-state index is 5.61. The second-order valence-corrected chi connectivity index (χ2v) is 3.82. The Morgan fingerprint density at radius 3 is 2.82 bits per heavy atom. The quantitative estimate of drug-likeness (QED) is 0.696. The average Bonchev–Trinajstić information content (AvgIpc) is 2.78. The number of aromatic nitrogens is 6. The molecule has 0 unspecified atom stereocenters. The fourth-order valence-electron chi connectivity index (χ4n) is 1.23. The maximum Gasteiger partial charge on any atom is 0.228 e. The number of hydrogen-bond acceptors (Lipinski definition) is 7. The van der Waals surface area contributed by atoms with Gasteiger partial charge in [-0.2, -0.15) is 20.1 Å². The molecule has 2 rings (SSSR count). The summed E-state index contributed by atoms with van der Waals surface area (Å²) in [4.78, 5) is 16.3. The molecule has 2 aromatic heterocycles. The van der Waals surface area contributed by atoms with Crippen LogP contribution in [0.1, 0.15) is 31.4 Å². The van der Waals surface area contributed by atoms with Crippen LogP contribution in [0.3, 0.4) is 0 Å². The summed E-state index contributed by atoms with van der Waals surface area (Å²) in [7, 11) is 0. The van der Waals surface area contributed by atoms with E-state index in [1.54, 1.807) is 0 Å². The highest BCUT2D eigenvalue weighted by Crippen LogP contribution is 2.12. The van der Waals surface area contributed by atoms with Gasteiger partial charge in [0.25, 0.3) is 0 Å². The van der Waals surface area contributed by atoms with Crippen molar-refractivity contribution in [1.29, 1.82) is 0 Å². The second kappa shape index (κ2) is 4.73. The standard InChI is InChI=1S/C9H14N8/c1-5(2)7-14-8(10)16-9(15-7)11-3-6-12-4-13-17-6/h4-5H,3H2,1-2H3,(H,12,13,17)(H3,10,11,14,15,16). The molecule has 2 aromatic rings. The number of H-pyrrole nitrogens is 1. The van der Waals surface area contributed by atoms with Gasteiger partial charge in [0.1, 0.15) is 18.0 Å². The van der Waals surface area contributed by atoms with Gasteiger partial charge in [0.15, 0.2) is 0 Å². The fraction of sp³-hybridized carbons (Fsp3) is 0.444. The first-order valence-electron chi connectivity index (χ1n) is 5.24. The minimum Gasteiger partial charge on any atom is -0.368 e. The van der Waals surface area contributed by atoms with E-state index in [9.17, 15) is 0 Å². The predicted molar refractivity (Wildman–Crippen MR) is 62.0 cm³/mol. The van der Waals surface area contributed by atoms with Gasteiger partial charge in [0.05, 0.1) is 6.54 Å². The number of nitrogens with one attached hydrogen (secondary N) is 2. The molecule has 0 bridgehead atoms. The Kier molecular flexibility index (Phi) is 3.12. The van der Waals surface area contributed by atoms with Gasteiger partial charge in [-0.25, -0.2) is 4.98 Å². The molecule has 0 spiro atoms. The van der Waals surface area contributed by atoms with E-state index in [0.717, 1.165) is 0 Å². The summed E-state index contributed by atoms with van der Waals surface area (Å²) in [6.07, 6.45) is 1.44. The summed E-state index contributed by atoms with van der Waals surface area (Å²) in [5.74, 6) is 2.22. The lowest BCUT2D eigenvalue weighted by molar-refractivity contribution is 0.763. The molecule has 0 saturated heterocycles. The summed E-state index contributed by atoms with van der Waals surface area (Å²) in [6, 6.07) is 0. The Balaban J connectivity index is 2.10. The highest BCUT2D eigenvalue weighted by Gasteiger charge is 2.07. The van der Waals surface area contributed by atoms with Crippen molar-refractivity contribution >= 4 is 11.9 Å². The molecule has 0 atom stereocenters. The van der Waals surface area contributed by atoms with E-state index in [-0.39, 0.29) is 11.9 Å². The van der Waals surface area contributed by atoms with E-state index in [2.05, 4.69) is 35.5 Å². The number of nitrogens with two attached hydrogens (primary N) is 1. The van der Waals surface area contributed by atoms with Crippen molar-refractivity contribution in [2.24, 2.45) is 0 Å². The van der Waals surface area contributed by atoms with E-state index in [1.807, 2.05) is 13.8 Å². The zero-order valence-corrected chi connectivity index (χ0v) is 9.68. The van der Waals surface area contributed by atoms with Crippen LogP contribution in [0.25, 0.3) is 0 Å². The molecule has 8 nitrogen and oxygen atoms in total. The summed E-state index contributed by atoms with van der Waals surface area (Å²) >= 11 is 0. The van der Waals surface area contributed by atoms with Crippen LogP contribution in [-0.4, -0.2) is 30.1 Å². The van der Waals surface area contributed by atoms with Crippen molar-refractivity contribution < 1.29 is 0 Å². The normalized spacial score (nSPS) is 10.8. The van der Waals surface area contributed by atoms with E-state index < -0.39 is 0 Å². The lowest BCUT2D eigenvalue weighted by Gasteiger charge is -2.07. The van der Waals surface area contributed by atoms with Crippen LogP contribution in [0.4, 0.5) is 11.9 Å². The minimum absolute atomic E-state index is 0.200. The lowest BCUT2D eigenvalue weighted by atomic mass is 10.2. The highest BCUT2D eigenvalue weighted by molar-refractivity contribution is 5.31. The molecular formula is C9H14N8. The predicted octanol–water partition coefficient (Wildman–Crippen LogP) is 0.307. The summed E-state index contributed by atoms with van der Waals surface area (Å²) < 4.78 is 0. The molecule has 0 saturated carbocycles. The molecule has 0 aromatic carbocycles. The Hall–Kier alpha value is -2.25. The van der Waals surface area contributed by atoms with Gasteiger partial charge in [-0.3, -0.25) is 5.10 Å². The third-order valence-corrected chi connectivity index (χ3v) is 2.07. The molecule has 2 heterocycles. The Bertz CT molecular complexity index is 478. The monoisotopic (exact) mass is 234 g/mol. The van der Waals surface area contributed by atoms with Crippen molar-refractivity contribution in [3.8, 4) is 0 Å². The first kappa shape index (κ1) is 11.2. The fourth-order valence-corrected chi connectivity index (χ4v) is 1.23.